The van der Waals surface area contributed by atoms with E-state index in [1.165, 1.54) is 6.33 Å². The molecule has 2 atom stereocenters. The van der Waals surface area contributed by atoms with E-state index in [0.717, 1.165) is 31.1 Å². The zero-order valence-corrected chi connectivity index (χ0v) is 18.3. The molecule has 0 spiro atoms. The van der Waals surface area contributed by atoms with E-state index >= 15 is 4.39 Å². The Balaban J connectivity index is 1.49. The average molecular weight is 458 g/mol. The highest BCUT2D eigenvalue weighted by molar-refractivity contribution is 5.91. The maximum absolute atomic E-state index is 15.9. The maximum atomic E-state index is 15.9. The molecule has 0 radical (unpaired) electrons. The van der Waals surface area contributed by atoms with Crippen LogP contribution in [0.1, 0.15) is 25.7 Å². The Morgan fingerprint density at radius 3 is 2.62 bits per heavy atom. The van der Waals surface area contributed by atoms with E-state index < -0.39 is 17.7 Å². The minimum absolute atomic E-state index is 0.0267. The molecule has 3 fully saturated rings. The molecule has 4 aromatic rings. The summed E-state index contributed by atoms with van der Waals surface area (Å²) in [6.07, 6.45) is 8.53. The van der Waals surface area contributed by atoms with Crippen LogP contribution in [-0.2, 0) is 4.79 Å². The van der Waals surface area contributed by atoms with Gasteiger partial charge in [-0.15, -0.1) is 0 Å². The third-order valence-corrected chi connectivity index (χ3v) is 7.30. The monoisotopic (exact) mass is 458 g/mol. The predicted octanol–water partition coefficient (Wildman–Crippen LogP) is 4.52. The molecule has 3 heterocycles. The van der Waals surface area contributed by atoms with Crippen molar-refractivity contribution in [1.29, 1.82) is 0 Å². The SMILES string of the molecule is O=C(O)[C@H]1C2CCC(CC2)[C@@H]1Nc1nc(-c2c[nH]c3ncncc23)nc(-c2ccccc2)c1F. The van der Waals surface area contributed by atoms with E-state index in [0.29, 0.717) is 22.6 Å². The molecule has 0 saturated heterocycles. The van der Waals surface area contributed by atoms with E-state index in [-0.39, 0.29) is 29.4 Å². The predicted molar refractivity (Wildman–Crippen MR) is 124 cm³/mol. The summed E-state index contributed by atoms with van der Waals surface area (Å²) < 4.78 is 15.9. The van der Waals surface area contributed by atoms with Crippen LogP contribution in [-0.4, -0.2) is 42.0 Å². The minimum Gasteiger partial charge on any atom is -0.481 e. The fraction of sp³-hybridized carbons (Fsp3) is 0.320. The van der Waals surface area contributed by atoms with Crippen molar-refractivity contribution in [2.75, 3.05) is 5.32 Å². The molecule has 3 aliphatic rings. The summed E-state index contributed by atoms with van der Waals surface area (Å²) in [6.45, 7) is 0. The summed E-state index contributed by atoms with van der Waals surface area (Å²) in [5.41, 5.74) is 2.05. The second kappa shape index (κ2) is 8.16. The van der Waals surface area contributed by atoms with Crippen LogP contribution in [0.3, 0.4) is 0 Å². The van der Waals surface area contributed by atoms with Crippen LogP contribution in [0.4, 0.5) is 10.2 Å². The van der Waals surface area contributed by atoms with Crippen LogP contribution in [0.2, 0.25) is 0 Å². The van der Waals surface area contributed by atoms with Crippen molar-refractivity contribution in [3.63, 3.8) is 0 Å². The summed E-state index contributed by atoms with van der Waals surface area (Å²) in [4.78, 5) is 32.7. The number of carboxylic acids is 1. The van der Waals surface area contributed by atoms with Crippen molar-refractivity contribution in [2.45, 2.75) is 31.7 Å². The number of anilines is 1. The summed E-state index contributed by atoms with van der Waals surface area (Å²) in [5, 5.41) is 13.9. The van der Waals surface area contributed by atoms with E-state index in [2.05, 4.69) is 30.2 Å². The summed E-state index contributed by atoms with van der Waals surface area (Å²) in [5.74, 6) is -1.37. The highest BCUT2D eigenvalue weighted by atomic mass is 19.1. The number of carboxylic acid groups (broad SMARTS) is 1. The van der Waals surface area contributed by atoms with Gasteiger partial charge in [0.05, 0.1) is 5.92 Å². The number of carbonyl (C=O) groups is 1. The van der Waals surface area contributed by atoms with Crippen LogP contribution in [0.15, 0.2) is 49.1 Å². The zero-order valence-electron chi connectivity index (χ0n) is 18.3. The number of nitrogens with one attached hydrogen (secondary N) is 2. The largest absolute Gasteiger partial charge is 0.481 e. The first-order valence-electron chi connectivity index (χ1n) is 11.5. The molecule has 34 heavy (non-hydrogen) atoms. The Morgan fingerprint density at radius 2 is 1.85 bits per heavy atom. The number of benzene rings is 1. The van der Waals surface area contributed by atoms with Crippen molar-refractivity contribution in [1.82, 2.24) is 24.9 Å². The van der Waals surface area contributed by atoms with Gasteiger partial charge in [0.25, 0.3) is 0 Å². The number of aromatic nitrogens is 5. The van der Waals surface area contributed by atoms with Gasteiger partial charge in [-0.2, -0.15) is 0 Å². The van der Waals surface area contributed by atoms with Gasteiger partial charge in [-0.3, -0.25) is 4.79 Å². The third-order valence-electron chi connectivity index (χ3n) is 7.30. The molecule has 3 aliphatic carbocycles. The van der Waals surface area contributed by atoms with Crippen molar-refractivity contribution in [3.05, 3.63) is 54.9 Å². The van der Waals surface area contributed by atoms with Crippen molar-refractivity contribution in [3.8, 4) is 22.6 Å². The van der Waals surface area contributed by atoms with E-state index in [9.17, 15) is 9.90 Å². The lowest BCUT2D eigenvalue weighted by molar-refractivity contribution is -0.148. The smallest absolute Gasteiger partial charge is 0.308 e. The quantitative estimate of drug-likeness (QED) is 0.402. The van der Waals surface area contributed by atoms with Gasteiger partial charge in [-0.1, -0.05) is 30.3 Å². The molecular weight excluding hydrogens is 435 g/mol. The molecule has 172 valence electrons. The van der Waals surface area contributed by atoms with Crippen LogP contribution in [0.25, 0.3) is 33.7 Å². The number of fused-ring (bicyclic) bond motifs is 4. The maximum Gasteiger partial charge on any atom is 0.308 e. The van der Waals surface area contributed by atoms with E-state index in [1.54, 1.807) is 24.5 Å². The zero-order chi connectivity index (χ0) is 23.2. The molecule has 0 unspecified atom stereocenters. The first-order chi connectivity index (χ1) is 16.6. The Labute approximate surface area is 194 Å². The fourth-order valence-corrected chi connectivity index (χ4v) is 5.67. The van der Waals surface area contributed by atoms with E-state index in [4.69, 9.17) is 0 Å². The van der Waals surface area contributed by atoms with Crippen molar-refractivity contribution >= 4 is 22.8 Å². The van der Waals surface area contributed by atoms with Crippen LogP contribution in [0.5, 0.6) is 0 Å². The molecule has 3 aromatic heterocycles. The molecule has 3 saturated carbocycles. The number of hydrogen-bond donors (Lipinski definition) is 3. The van der Waals surface area contributed by atoms with Gasteiger partial charge in [-0.05, 0) is 37.5 Å². The number of aromatic amines is 1. The first-order valence-corrected chi connectivity index (χ1v) is 11.5. The van der Waals surface area contributed by atoms with Gasteiger partial charge in [0, 0.05) is 34.9 Å². The molecule has 0 aliphatic heterocycles. The van der Waals surface area contributed by atoms with Gasteiger partial charge < -0.3 is 15.4 Å². The molecule has 9 heteroatoms. The summed E-state index contributed by atoms with van der Waals surface area (Å²) in [7, 11) is 0. The molecule has 8 nitrogen and oxygen atoms in total. The number of hydrogen-bond acceptors (Lipinski definition) is 6. The van der Waals surface area contributed by atoms with Crippen molar-refractivity contribution < 1.29 is 14.3 Å². The standard InChI is InChI=1S/C25H23FN6O2/c26-19-21(14-4-2-1-3-5-14)31-23(17-11-28-22-16(17)10-27-12-29-22)32-24(19)30-20-15-8-6-13(7-9-15)18(20)25(33)34/h1-5,10-13,15,18,20H,6-9H2,(H,33,34)(H,27,28,29)(H,30,31,32)/t13?,15?,18-,20-/m0/s1. The minimum atomic E-state index is -0.835. The third kappa shape index (κ3) is 3.39. The Hall–Kier alpha value is -3.88. The Morgan fingerprint density at radius 1 is 1.09 bits per heavy atom. The average Bonchev–Trinajstić information content (AvgIpc) is 3.30. The van der Waals surface area contributed by atoms with Gasteiger partial charge in [-0.25, -0.2) is 24.3 Å². The summed E-state index contributed by atoms with van der Waals surface area (Å²) in [6, 6.07) is 8.71. The van der Waals surface area contributed by atoms with Gasteiger partial charge >= 0.3 is 5.97 Å². The second-order valence-corrected chi connectivity index (χ2v) is 9.12. The molecule has 3 N–H and O–H groups in total. The lowest BCUT2D eigenvalue weighted by Crippen LogP contribution is -2.51. The van der Waals surface area contributed by atoms with Gasteiger partial charge in [0.15, 0.2) is 17.5 Å². The Kier molecular flexibility index (Phi) is 4.97. The van der Waals surface area contributed by atoms with Crippen molar-refractivity contribution in [2.24, 2.45) is 17.8 Å². The molecular formula is C25H23FN6O2. The van der Waals surface area contributed by atoms with Crippen LogP contribution in [0, 0.1) is 23.6 Å². The number of rotatable bonds is 5. The molecule has 1 aromatic carbocycles. The Bertz CT molecular complexity index is 1370. The fourth-order valence-electron chi connectivity index (χ4n) is 5.67. The lowest BCUT2D eigenvalue weighted by Gasteiger charge is -2.47. The molecule has 0 amide bonds. The highest BCUT2D eigenvalue weighted by Crippen LogP contribution is 2.46. The number of aliphatic carboxylic acids is 1. The topological polar surface area (TPSA) is 117 Å². The lowest BCUT2D eigenvalue weighted by atomic mass is 9.61. The molecule has 2 bridgehead atoms. The van der Waals surface area contributed by atoms with Crippen LogP contribution < -0.4 is 5.32 Å². The number of H-pyrrole nitrogens is 1. The molecule has 7 rings (SSSR count). The van der Waals surface area contributed by atoms with Gasteiger partial charge in [0.1, 0.15) is 17.7 Å². The van der Waals surface area contributed by atoms with Crippen LogP contribution >= 0.6 is 0 Å². The van der Waals surface area contributed by atoms with Gasteiger partial charge in [0.2, 0.25) is 0 Å². The number of halogens is 1. The normalized spacial score (nSPS) is 23.8. The highest BCUT2D eigenvalue weighted by Gasteiger charge is 2.47. The summed E-state index contributed by atoms with van der Waals surface area (Å²) >= 11 is 0. The second-order valence-electron chi connectivity index (χ2n) is 9.12. The number of nitrogens with zero attached hydrogens (tertiary/aromatic N) is 4. The van der Waals surface area contributed by atoms with E-state index in [1.807, 2.05) is 18.2 Å². The first kappa shape index (κ1) is 20.7.